The van der Waals surface area contributed by atoms with Crippen LogP contribution in [0.25, 0.3) is 0 Å². The molecule has 156 valence electrons. The van der Waals surface area contributed by atoms with E-state index in [0.29, 0.717) is 23.2 Å². The molecule has 7 nitrogen and oxygen atoms in total. The molecule has 0 bridgehead atoms. The van der Waals surface area contributed by atoms with E-state index in [0.717, 1.165) is 31.2 Å². The first-order valence-electron chi connectivity index (χ1n) is 9.16. The molecule has 1 aromatic carbocycles. The molecular weight excluding hydrogens is 427 g/mol. The van der Waals surface area contributed by atoms with Crippen LogP contribution >= 0.6 is 23.2 Å². The molecule has 0 radical (unpaired) electrons. The highest BCUT2D eigenvalue weighted by Crippen LogP contribution is 2.37. The zero-order chi connectivity index (χ0) is 20.4. The van der Waals surface area contributed by atoms with Crippen molar-refractivity contribution in [2.75, 3.05) is 39.1 Å². The first-order valence-corrected chi connectivity index (χ1v) is 11.7. The zero-order valence-electron chi connectivity index (χ0n) is 15.6. The Labute approximate surface area is 175 Å². The van der Waals surface area contributed by atoms with Crippen molar-refractivity contribution in [1.29, 1.82) is 0 Å². The Bertz CT molecular complexity index is 829. The van der Waals surface area contributed by atoms with Crippen molar-refractivity contribution in [3.63, 3.8) is 0 Å². The summed E-state index contributed by atoms with van der Waals surface area (Å²) in [5.41, 5.74) is -0.193. The molecule has 2 aliphatic heterocycles. The zero-order valence-corrected chi connectivity index (χ0v) is 17.9. The number of nitrogens with one attached hydrogen (secondary N) is 1. The molecule has 2 saturated heterocycles. The Kier molecular flexibility index (Phi) is 6.89. The molecule has 0 saturated carbocycles. The van der Waals surface area contributed by atoms with E-state index in [1.165, 1.54) is 0 Å². The number of hydrogen-bond acceptors (Lipinski definition) is 6. The molecule has 0 aromatic heterocycles. The van der Waals surface area contributed by atoms with Gasteiger partial charge in [0.2, 0.25) is 5.91 Å². The first kappa shape index (κ1) is 21.8. The minimum Gasteiger partial charge on any atom is -0.366 e. The van der Waals surface area contributed by atoms with E-state index in [2.05, 4.69) is 5.32 Å². The summed E-state index contributed by atoms with van der Waals surface area (Å²) in [4.78, 5) is 14.7. The van der Waals surface area contributed by atoms with Crippen LogP contribution in [0.15, 0.2) is 18.2 Å². The maximum absolute atomic E-state index is 12.9. The highest BCUT2D eigenvalue weighted by Gasteiger charge is 2.42. The summed E-state index contributed by atoms with van der Waals surface area (Å²) in [7, 11) is -3.58. The lowest BCUT2D eigenvalue weighted by Gasteiger charge is -2.44. The van der Waals surface area contributed by atoms with Crippen LogP contribution < -0.4 is 5.32 Å². The van der Waals surface area contributed by atoms with E-state index in [9.17, 15) is 13.2 Å². The number of nitrogens with zero attached hydrogens (tertiary/aromatic N) is 1. The SMILES string of the molecule is CS(=O)(=O)OCC[C@@]1(c2ccc(Cl)c(Cl)c2)CN(C(=O)[C@@H]2CCCN2)CCO1. The number of halogens is 2. The maximum atomic E-state index is 12.9. The Morgan fingerprint density at radius 1 is 1.39 bits per heavy atom. The first-order chi connectivity index (χ1) is 13.2. The van der Waals surface area contributed by atoms with Crippen molar-refractivity contribution in [3.05, 3.63) is 33.8 Å². The van der Waals surface area contributed by atoms with Gasteiger partial charge < -0.3 is 15.0 Å². The number of morpholine rings is 1. The lowest BCUT2D eigenvalue weighted by Crippen LogP contribution is -2.55. The minimum atomic E-state index is -3.58. The highest BCUT2D eigenvalue weighted by atomic mass is 35.5. The molecule has 1 aromatic rings. The number of carbonyl (C=O) groups excluding carboxylic acids is 1. The molecule has 1 N–H and O–H groups in total. The Morgan fingerprint density at radius 2 is 2.18 bits per heavy atom. The predicted molar refractivity (Wildman–Crippen MR) is 107 cm³/mol. The van der Waals surface area contributed by atoms with Crippen LogP contribution in [0.3, 0.4) is 0 Å². The number of hydrogen-bond donors (Lipinski definition) is 1. The number of benzene rings is 1. The predicted octanol–water partition coefficient (Wildman–Crippen LogP) is 2.17. The summed E-state index contributed by atoms with van der Waals surface area (Å²) in [5, 5.41) is 4.00. The van der Waals surface area contributed by atoms with Crippen molar-refractivity contribution in [1.82, 2.24) is 10.2 Å². The van der Waals surface area contributed by atoms with Gasteiger partial charge in [0, 0.05) is 13.0 Å². The average Bonchev–Trinajstić information content (AvgIpc) is 3.17. The lowest BCUT2D eigenvalue weighted by molar-refractivity contribution is -0.157. The largest absolute Gasteiger partial charge is 0.366 e. The Hall–Kier alpha value is -0.900. The van der Waals surface area contributed by atoms with Crippen molar-refractivity contribution in [2.45, 2.75) is 30.9 Å². The summed E-state index contributed by atoms with van der Waals surface area (Å²) in [5.74, 6) is 0.0364. The van der Waals surface area contributed by atoms with E-state index in [1.54, 1.807) is 23.1 Å². The number of rotatable bonds is 6. The van der Waals surface area contributed by atoms with Crippen molar-refractivity contribution in [3.8, 4) is 0 Å². The maximum Gasteiger partial charge on any atom is 0.264 e. The smallest absolute Gasteiger partial charge is 0.264 e. The van der Waals surface area contributed by atoms with Gasteiger partial charge >= 0.3 is 0 Å². The molecular formula is C18H24Cl2N2O5S. The highest BCUT2D eigenvalue weighted by molar-refractivity contribution is 7.85. The fourth-order valence-corrected chi connectivity index (χ4v) is 4.38. The van der Waals surface area contributed by atoms with E-state index in [-0.39, 0.29) is 31.5 Å². The molecule has 0 aliphatic carbocycles. The summed E-state index contributed by atoms with van der Waals surface area (Å²) in [6.45, 7) is 1.86. The summed E-state index contributed by atoms with van der Waals surface area (Å²) in [6.07, 6.45) is 3.04. The number of carbonyl (C=O) groups is 1. The molecule has 3 rings (SSSR count). The van der Waals surface area contributed by atoms with E-state index in [4.69, 9.17) is 32.1 Å². The van der Waals surface area contributed by atoms with Gasteiger partial charge in [0.05, 0.1) is 42.1 Å². The van der Waals surface area contributed by atoms with Crippen molar-refractivity contribution < 1.29 is 22.1 Å². The number of amides is 1. The monoisotopic (exact) mass is 450 g/mol. The summed E-state index contributed by atoms with van der Waals surface area (Å²) < 4.78 is 33.8. The van der Waals surface area contributed by atoms with Crippen molar-refractivity contribution in [2.24, 2.45) is 0 Å². The summed E-state index contributed by atoms with van der Waals surface area (Å²) >= 11 is 12.2. The number of ether oxygens (including phenoxy) is 1. The van der Waals surface area contributed by atoms with E-state index in [1.807, 2.05) is 0 Å². The molecule has 2 heterocycles. The second kappa shape index (κ2) is 8.85. The van der Waals surface area contributed by atoms with Crippen LogP contribution in [-0.4, -0.2) is 64.4 Å². The Morgan fingerprint density at radius 3 is 2.82 bits per heavy atom. The van der Waals surface area contributed by atoms with Gasteiger partial charge in [-0.1, -0.05) is 29.3 Å². The fourth-order valence-electron chi connectivity index (χ4n) is 3.70. The molecule has 1 amide bonds. The van der Waals surface area contributed by atoms with Crippen LogP contribution in [0.1, 0.15) is 24.8 Å². The third-order valence-electron chi connectivity index (χ3n) is 5.10. The second-order valence-corrected chi connectivity index (χ2v) is 9.61. The van der Waals surface area contributed by atoms with Gasteiger partial charge in [-0.3, -0.25) is 8.98 Å². The fraction of sp³-hybridized carbons (Fsp3) is 0.611. The quantitative estimate of drug-likeness (QED) is 0.668. The van der Waals surface area contributed by atoms with Crippen molar-refractivity contribution >= 4 is 39.2 Å². The molecule has 0 unspecified atom stereocenters. The van der Waals surface area contributed by atoms with Crippen LogP contribution in [0.5, 0.6) is 0 Å². The minimum absolute atomic E-state index is 0.0364. The van der Waals surface area contributed by atoms with E-state index >= 15 is 0 Å². The van der Waals surface area contributed by atoms with Gasteiger partial charge in [-0.25, -0.2) is 0 Å². The third-order valence-corrected chi connectivity index (χ3v) is 6.44. The van der Waals surface area contributed by atoms with Crippen LogP contribution in [-0.2, 0) is 29.4 Å². The Balaban J connectivity index is 1.86. The average molecular weight is 451 g/mol. The summed E-state index contributed by atoms with van der Waals surface area (Å²) in [6, 6.07) is 4.97. The molecule has 2 atom stereocenters. The third kappa shape index (κ3) is 5.17. The van der Waals surface area contributed by atoms with E-state index < -0.39 is 15.7 Å². The normalized spacial score (nSPS) is 25.8. The molecule has 2 fully saturated rings. The topological polar surface area (TPSA) is 84.9 Å². The van der Waals surface area contributed by atoms with Gasteiger partial charge in [0.1, 0.15) is 5.60 Å². The van der Waals surface area contributed by atoms with Gasteiger partial charge in [0.25, 0.3) is 10.1 Å². The second-order valence-electron chi connectivity index (χ2n) is 7.16. The molecule has 10 heteroatoms. The van der Waals surface area contributed by atoms with Gasteiger partial charge in [-0.15, -0.1) is 0 Å². The molecule has 28 heavy (non-hydrogen) atoms. The van der Waals surface area contributed by atoms with Crippen LogP contribution in [0, 0.1) is 0 Å². The molecule has 0 spiro atoms. The molecule has 2 aliphatic rings. The lowest BCUT2D eigenvalue weighted by atomic mass is 9.88. The van der Waals surface area contributed by atoms with Gasteiger partial charge in [0.15, 0.2) is 0 Å². The van der Waals surface area contributed by atoms with Gasteiger partial charge in [-0.05, 0) is 37.1 Å². The van der Waals surface area contributed by atoms with Crippen LogP contribution in [0.2, 0.25) is 10.0 Å². The van der Waals surface area contributed by atoms with Crippen LogP contribution in [0.4, 0.5) is 0 Å². The standard InChI is InChI=1S/C18H24Cl2N2O5S/c1-28(24,25)27-9-6-18(13-4-5-14(19)15(20)11-13)12-22(8-10-26-18)17(23)16-3-2-7-21-16/h4-5,11,16,21H,2-3,6-10,12H2,1H3/t16-,18-/m0/s1. The van der Waals surface area contributed by atoms with Gasteiger partial charge in [-0.2, -0.15) is 8.42 Å².